The van der Waals surface area contributed by atoms with E-state index in [0.29, 0.717) is 16.6 Å². The zero-order valence-corrected chi connectivity index (χ0v) is 7.94. The minimum atomic E-state index is -1.22. The molecule has 0 amide bonds. The predicted molar refractivity (Wildman–Crippen MR) is 54.1 cm³/mol. The van der Waals surface area contributed by atoms with Crippen molar-refractivity contribution < 1.29 is 9.90 Å². The van der Waals surface area contributed by atoms with Gasteiger partial charge in [0.2, 0.25) is 0 Å². The fraction of sp³-hybridized carbons (Fsp3) is 0.100. The molecule has 0 aromatic carbocycles. The van der Waals surface area contributed by atoms with Gasteiger partial charge in [-0.05, 0) is 24.6 Å². The fourth-order valence-corrected chi connectivity index (χ4v) is 1.54. The van der Waals surface area contributed by atoms with Gasteiger partial charge in [-0.2, -0.15) is 0 Å². The fourth-order valence-electron chi connectivity index (χ4n) is 1.54. The van der Waals surface area contributed by atoms with Crippen molar-refractivity contribution in [2.45, 2.75) is 6.92 Å². The molecule has 5 nitrogen and oxygen atoms in total. The number of rotatable bonds is 1. The summed E-state index contributed by atoms with van der Waals surface area (Å²) in [6.45, 7) is 1.60. The molecular formula is C10H8N2O3. The Morgan fingerprint density at radius 3 is 2.93 bits per heavy atom. The summed E-state index contributed by atoms with van der Waals surface area (Å²) < 4.78 is 0. The quantitative estimate of drug-likeness (QED) is 0.723. The monoisotopic (exact) mass is 204 g/mol. The van der Waals surface area contributed by atoms with Gasteiger partial charge >= 0.3 is 5.97 Å². The summed E-state index contributed by atoms with van der Waals surface area (Å²) in [6.07, 6.45) is 1.54. The van der Waals surface area contributed by atoms with Crippen LogP contribution in [0.1, 0.15) is 15.9 Å². The van der Waals surface area contributed by atoms with E-state index in [2.05, 4.69) is 9.97 Å². The zero-order chi connectivity index (χ0) is 11.0. The molecule has 0 saturated heterocycles. The molecule has 2 N–H and O–H groups in total. The second-order valence-electron chi connectivity index (χ2n) is 3.16. The molecule has 15 heavy (non-hydrogen) atoms. The number of hydrogen-bond donors (Lipinski definition) is 2. The summed E-state index contributed by atoms with van der Waals surface area (Å²) >= 11 is 0. The third kappa shape index (κ3) is 1.38. The Kier molecular flexibility index (Phi) is 2.00. The maximum atomic E-state index is 11.4. The Morgan fingerprint density at radius 2 is 2.27 bits per heavy atom. The Hall–Kier alpha value is -2.17. The second-order valence-corrected chi connectivity index (χ2v) is 3.16. The lowest BCUT2D eigenvalue weighted by Gasteiger charge is -2.03. The first-order valence-corrected chi connectivity index (χ1v) is 4.32. The highest BCUT2D eigenvalue weighted by Crippen LogP contribution is 2.14. The first-order valence-electron chi connectivity index (χ1n) is 4.32. The SMILES string of the molecule is Cc1c(C(=O)O)c(=O)[nH]c2ncccc12. The van der Waals surface area contributed by atoms with Crippen LogP contribution in [-0.2, 0) is 0 Å². The molecule has 0 bridgehead atoms. The number of aryl methyl sites for hydroxylation is 1. The summed E-state index contributed by atoms with van der Waals surface area (Å²) in [5.74, 6) is -1.22. The number of pyridine rings is 2. The van der Waals surface area contributed by atoms with Crippen molar-refractivity contribution in [3.63, 3.8) is 0 Å². The van der Waals surface area contributed by atoms with E-state index in [-0.39, 0.29) is 5.56 Å². The average Bonchev–Trinajstić information content (AvgIpc) is 2.17. The Bertz CT molecular complexity index is 601. The van der Waals surface area contributed by atoms with Crippen LogP contribution in [-0.4, -0.2) is 21.0 Å². The molecule has 2 rings (SSSR count). The third-order valence-electron chi connectivity index (χ3n) is 2.26. The number of hydrogen-bond acceptors (Lipinski definition) is 3. The molecule has 0 fully saturated rings. The number of aromatic amines is 1. The first kappa shape index (κ1) is 9.39. The Morgan fingerprint density at radius 1 is 1.53 bits per heavy atom. The van der Waals surface area contributed by atoms with Gasteiger partial charge in [0.05, 0.1) is 0 Å². The standard InChI is InChI=1S/C10H8N2O3/c1-5-6-3-2-4-11-8(6)12-9(13)7(5)10(14)15/h2-4H,1H3,(H,14,15)(H,11,12,13). The van der Waals surface area contributed by atoms with Crippen LogP contribution in [0, 0.1) is 6.92 Å². The maximum absolute atomic E-state index is 11.4. The summed E-state index contributed by atoms with van der Waals surface area (Å²) in [5, 5.41) is 9.51. The number of carbonyl (C=O) groups is 1. The van der Waals surface area contributed by atoms with E-state index in [1.807, 2.05) is 0 Å². The van der Waals surface area contributed by atoms with Gasteiger partial charge in [0, 0.05) is 11.6 Å². The molecule has 0 aliphatic rings. The molecule has 2 aromatic rings. The van der Waals surface area contributed by atoms with Crippen LogP contribution in [0.15, 0.2) is 23.1 Å². The summed E-state index contributed by atoms with van der Waals surface area (Å²) in [7, 11) is 0. The minimum Gasteiger partial charge on any atom is -0.477 e. The third-order valence-corrected chi connectivity index (χ3v) is 2.26. The first-order chi connectivity index (χ1) is 7.11. The number of nitrogens with zero attached hydrogens (tertiary/aromatic N) is 1. The van der Waals surface area contributed by atoms with Crippen LogP contribution in [0.4, 0.5) is 0 Å². The van der Waals surface area contributed by atoms with Crippen molar-refractivity contribution in [2.75, 3.05) is 0 Å². The van der Waals surface area contributed by atoms with Crippen molar-refractivity contribution >= 4 is 17.0 Å². The summed E-state index contributed by atoms with van der Waals surface area (Å²) in [6, 6.07) is 3.42. The largest absolute Gasteiger partial charge is 0.477 e. The average molecular weight is 204 g/mol. The zero-order valence-electron chi connectivity index (χ0n) is 7.94. The van der Waals surface area contributed by atoms with E-state index in [4.69, 9.17) is 5.11 Å². The molecule has 0 aliphatic carbocycles. The van der Waals surface area contributed by atoms with Crippen LogP contribution < -0.4 is 5.56 Å². The van der Waals surface area contributed by atoms with Crippen molar-refractivity contribution in [1.82, 2.24) is 9.97 Å². The van der Waals surface area contributed by atoms with Crippen molar-refractivity contribution in [1.29, 1.82) is 0 Å². The lowest BCUT2D eigenvalue weighted by molar-refractivity contribution is 0.0694. The lowest BCUT2D eigenvalue weighted by atomic mass is 10.1. The molecule has 0 saturated carbocycles. The van der Waals surface area contributed by atoms with Crippen LogP contribution in [0.25, 0.3) is 11.0 Å². The molecular weight excluding hydrogens is 196 g/mol. The van der Waals surface area contributed by atoms with Gasteiger partial charge in [0.15, 0.2) is 0 Å². The summed E-state index contributed by atoms with van der Waals surface area (Å²) in [5.41, 5.74) is 0.000972. The van der Waals surface area contributed by atoms with E-state index in [0.717, 1.165) is 0 Å². The van der Waals surface area contributed by atoms with E-state index in [1.165, 1.54) is 6.20 Å². The van der Waals surface area contributed by atoms with Crippen molar-refractivity contribution in [3.05, 3.63) is 39.8 Å². The van der Waals surface area contributed by atoms with E-state index in [1.54, 1.807) is 19.1 Å². The minimum absolute atomic E-state index is 0.226. The Labute approximate surface area is 84.4 Å². The number of aromatic carboxylic acids is 1. The molecule has 76 valence electrons. The van der Waals surface area contributed by atoms with Gasteiger partial charge in [-0.3, -0.25) is 4.79 Å². The molecule has 5 heteroatoms. The topological polar surface area (TPSA) is 83.0 Å². The molecule has 0 radical (unpaired) electrons. The van der Waals surface area contributed by atoms with Gasteiger partial charge in [-0.25, -0.2) is 9.78 Å². The Balaban J connectivity index is 2.97. The van der Waals surface area contributed by atoms with Crippen molar-refractivity contribution in [2.24, 2.45) is 0 Å². The number of nitrogens with one attached hydrogen (secondary N) is 1. The summed E-state index contributed by atoms with van der Waals surface area (Å²) in [4.78, 5) is 28.7. The molecule has 2 aromatic heterocycles. The molecule has 0 spiro atoms. The van der Waals surface area contributed by atoms with Gasteiger partial charge in [-0.15, -0.1) is 0 Å². The van der Waals surface area contributed by atoms with Crippen LogP contribution in [0.5, 0.6) is 0 Å². The highest BCUT2D eigenvalue weighted by Gasteiger charge is 2.15. The van der Waals surface area contributed by atoms with Crippen LogP contribution in [0.2, 0.25) is 0 Å². The van der Waals surface area contributed by atoms with Gasteiger partial charge in [0.25, 0.3) is 5.56 Å². The predicted octanol–water partition coefficient (Wildman–Crippen LogP) is 0.930. The van der Waals surface area contributed by atoms with E-state index in [9.17, 15) is 9.59 Å². The van der Waals surface area contributed by atoms with Crippen LogP contribution in [0.3, 0.4) is 0 Å². The van der Waals surface area contributed by atoms with Crippen LogP contribution >= 0.6 is 0 Å². The number of carboxylic acid groups (broad SMARTS) is 1. The van der Waals surface area contributed by atoms with Gasteiger partial charge in [-0.1, -0.05) is 0 Å². The highest BCUT2D eigenvalue weighted by molar-refractivity contribution is 5.94. The van der Waals surface area contributed by atoms with Gasteiger partial charge < -0.3 is 10.1 Å². The number of H-pyrrole nitrogens is 1. The van der Waals surface area contributed by atoms with E-state index < -0.39 is 11.5 Å². The highest BCUT2D eigenvalue weighted by atomic mass is 16.4. The number of aromatic nitrogens is 2. The molecule has 0 unspecified atom stereocenters. The second kappa shape index (κ2) is 3.20. The maximum Gasteiger partial charge on any atom is 0.341 e. The van der Waals surface area contributed by atoms with Gasteiger partial charge in [0.1, 0.15) is 11.2 Å². The lowest BCUT2D eigenvalue weighted by Crippen LogP contribution is -2.19. The number of carboxylic acids is 1. The smallest absolute Gasteiger partial charge is 0.341 e. The van der Waals surface area contributed by atoms with Crippen molar-refractivity contribution in [3.8, 4) is 0 Å². The molecule has 0 atom stereocenters. The van der Waals surface area contributed by atoms with E-state index >= 15 is 0 Å². The normalized spacial score (nSPS) is 10.5. The number of fused-ring (bicyclic) bond motifs is 1. The molecule has 0 aliphatic heterocycles. The molecule has 2 heterocycles.